The fraction of sp³-hybridized carbons (Fsp3) is 0.429. The molecular formula is C14H16BrNO2. The number of fused-ring (bicyclic) bond motifs is 1. The Morgan fingerprint density at radius 2 is 2.06 bits per heavy atom. The molecule has 0 radical (unpaired) electrons. The van der Waals surface area contributed by atoms with E-state index in [-0.39, 0.29) is 0 Å². The molecule has 1 heterocycles. The van der Waals surface area contributed by atoms with Gasteiger partial charge in [-0.05, 0) is 30.5 Å². The zero-order valence-electron chi connectivity index (χ0n) is 10.6. The van der Waals surface area contributed by atoms with Crippen LogP contribution in [0.4, 0.5) is 5.69 Å². The van der Waals surface area contributed by atoms with Crippen molar-refractivity contribution in [2.75, 3.05) is 11.4 Å². The maximum Gasteiger partial charge on any atom is 0.299 e. The van der Waals surface area contributed by atoms with Crippen LogP contribution in [-0.4, -0.2) is 18.2 Å². The van der Waals surface area contributed by atoms with E-state index in [1.807, 2.05) is 12.1 Å². The monoisotopic (exact) mass is 309 g/mol. The van der Waals surface area contributed by atoms with Gasteiger partial charge in [-0.2, -0.15) is 0 Å². The summed E-state index contributed by atoms with van der Waals surface area (Å²) in [5.41, 5.74) is 1.26. The summed E-state index contributed by atoms with van der Waals surface area (Å²) in [6.07, 6.45) is 2.15. The molecule has 0 saturated carbocycles. The van der Waals surface area contributed by atoms with E-state index < -0.39 is 11.7 Å². The number of amides is 1. The second kappa shape index (κ2) is 5.22. The number of benzene rings is 1. The summed E-state index contributed by atoms with van der Waals surface area (Å²) in [5.74, 6) is -0.387. The summed E-state index contributed by atoms with van der Waals surface area (Å²) in [5, 5.41) is 0. The topological polar surface area (TPSA) is 37.4 Å². The first-order valence-corrected chi connectivity index (χ1v) is 6.99. The molecule has 1 atom stereocenters. The van der Waals surface area contributed by atoms with Crippen molar-refractivity contribution in [3.8, 4) is 0 Å². The second-order valence-corrected chi connectivity index (χ2v) is 5.72. The van der Waals surface area contributed by atoms with Gasteiger partial charge in [-0.15, -0.1) is 0 Å². The normalized spacial score (nSPS) is 16.1. The standard InChI is InChI=1S/C14H16BrNO2/c1-3-4-9(2)8-16-12-6-5-10(15)7-11(12)13(17)14(16)18/h5-7,9H,3-4,8H2,1-2H3. The Bertz CT molecular complexity index is 499. The molecule has 1 aromatic carbocycles. The van der Waals surface area contributed by atoms with Gasteiger partial charge < -0.3 is 4.90 Å². The van der Waals surface area contributed by atoms with Crippen LogP contribution in [0.2, 0.25) is 0 Å². The number of ketones is 1. The van der Waals surface area contributed by atoms with Crippen molar-refractivity contribution in [1.82, 2.24) is 0 Å². The molecule has 1 amide bonds. The number of carbonyl (C=O) groups excluding carboxylic acids is 2. The van der Waals surface area contributed by atoms with Crippen molar-refractivity contribution in [1.29, 1.82) is 0 Å². The van der Waals surface area contributed by atoms with Crippen LogP contribution in [0.15, 0.2) is 22.7 Å². The molecule has 0 aromatic heterocycles. The number of rotatable bonds is 4. The lowest BCUT2D eigenvalue weighted by atomic mass is 10.1. The van der Waals surface area contributed by atoms with Crippen LogP contribution >= 0.6 is 15.9 Å². The molecule has 0 fully saturated rings. The minimum atomic E-state index is -0.397. The molecule has 0 saturated heterocycles. The molecule has 18 heavy (non-hydrogen) atoms. The summed E-state index contributed by atoms with van der Waals surface area (Å²) in [6, 6.07) is 5.42. The Balaban J connectivity index is 2.29. The molecule has 96 valence electrons. The van der Waals surface area contributed by atoms with Crippen LogP contribution in [0.3, 0.4) is 0 Å². The van der Waals surface area contributed by atoms with Crippen LogP contribution in [0.1, 0.15) is 37.0 Å². The predicted octanol–water partition coefficient (Wildman–Crippen LogP) is 3.41. The Kier molecular flexibility index (Phi) is 3.85. The van der Waals surface area contributed by atoms with Crippen molar-refractivity contribution in [2.24, 2.45) is 5.92 Å². The quantitative estimate of drug-likeness (QED) is 0.799. The molecule has 4 heteroatoms. The lowest BCUT2D eigenvalue weighted by molar-refractivity contribution is -0.114. The first-order valence-electron chi connectivity index (χ1n) is 6.20. The highest BCUT2D eigenvalue weighted by molar-refractivity contribution is 9.10. The molecule has 3 nitrogen and oxygen atoms in total. The fourth-order valence-electron chi connectivity index (χ4n) is 2.35. The van der Waals surface area contributed by atoms with Gasteiger partial charge in [-0.3, -0.25) is 9.59 Å². The van der Waals surface area contributed by atoms with E-state index in [1.54, 1.807) is 11.0 Å². The van der Waals surface area contributed by atoms with Crippen LogP contribution < -0.4 is 4.90 Å². The Morgan fingerprint density at radius 3 is 2.72 bits per heavy atom. The average molecular weight is 310 g/mol. The van der Waals surface area contributed by atoms with Crippen molar-refractivity contribution in [3.63, 3.8) is 0 Å². The first kappa shape index (κ1) is 13.3. The van der Waals surface area contributed by atoms with Crippen LogP contribution in [0.25, 0.3) is 0 Å². The smallest absolute Gasteiger partial charge is 0.299 e. The van der Waals surface area contributed by atoms with Crippen molar-refractivity contribution >= 4 is 33.3 Å². The van der Waals surface area contributed by atoms with Gasteiger partial charge in [-0.1, -0.05) is 36.2 Å². The van der Waals surface area contributed by atoms with Gasteiger partial charge in [0.2, 0.25) is 0 Å². The minimum Gasteiger partial charge on any atom is -0.304 e. The fourth-order valence-corrected chi connectivity index (χ4v) is 2.71. The molecule has 1 aromatic rings. The van der Waals surface area contributed by atoms with E-state index in [1.165, 1.54) is 0 Å². The number of carbonyl (C=O) groups is 2. The Morgan fingerprint density at radius 1 is 1.33 bits per heavy atom. The van der Waals surface area contributed by atoms with Crippen molar-refractivity contribution in [2.45, 2.75) is 26.7 Å². The number of hydrogen-bond acceptors (Lipinski definition) is 2. The maximum atomic E-state index is 12.0. The molecular weight excluding hydrogens is 294 g/mol. The maximum absolute atomic E-state index is 12.0. The van der Waals surface area contributed by atoms with E-state index in [9.17, 15) is 9.59 Å². The Hall–Kier alpha value is -1.16. The molecule has 2 rings (SSSR count). The summed E-state index contributed by atoms with van der Waals surface area (Å²) in [6.45, 7) is 4.85. The summed E-state index contributed by atoms with van der Waals surface area (Å²) in [4.78, 5) is 25.5. The largest absolute Gasteiger partial charge is 0.304 e. The number of nitrogens with zero attached hydrogens (tertiary/aromatic N) is 1. The van der Waals surface area contributed by atoms with E-state index in [0.29, 0.717) is 18.0 Å². The molecule has 0 N–H and O–H groups in total. The number of halogens is 1. The third-order valence-corrected chi connectivity index (χ3v) is 3.70. The molecule has 1 aliphatic heterocycles. The van der Waals surface area contributed by atoms with E-state index in [0.717, 1.165) is 23.0 Å². The van der Waals surface area contributed by atoms with Crippen LogP contribution in [0.5, 0.6) is 0 Å². The third kappa shape index (κ3) is 2.34. The van der Waals surface area contributed by atoms with Crippen LogP contribution in [0, 0.1) is 5.92 Å². The number of anilines is 1. The average Bonchev–Trinajstić information content (AvgIpc) is 2.55. The van der Waals surface area contributed by atoms with Crippen molar-refractivity contribution in [3.05, 3.63) is 28.2 Å². The highest BCUT2D eigenvalue weighted by Gasteiger charge is 2.36. The zero-order valence-corrected chi connectivity index (χ0v) is 12.2. The highest BCUT2D eigenvalue weighted by atomic mass is 79.9. The lowest BCUT2D eigenvalue weighted by Gasteiger charge is -2.20. The summed E-state index contributed by atoms with van der Waals surface area (Å²) < 4.78 is 0.825. The highest BCUT2D eigenvalue weighted by Crippen LogP contribution is 2.32. The van der Waals surface area contributed by atoms with Gasteiger partial charge in [0, 0.05) is 11.0 Å². The number of Topliss-reactive ketones (excluding diaryl/α,β-unsaturated/α-hetero) is 1. The van der Waals surface area contributed by atoms with E-state index in [2.05, 4.69) is 29.8 Å². The van der Waals surface area contributed by atoms with Crippen molar-refractivity contribution < 1.29 is 9.59 Å². The van der Waals surface area contributed by atoms with Gasteiger partial charge >= 0.3 is 0 Å². The van der Waals surface area contributed by atoms with Gasteiger partial charge in [0.25, 0.3) is 11.7 Å². The van der Waals surface area contributed by atoms with Gasteiger partial charge in [0.05, 0.1) is 11.3 Å². The zero-order chi connectivity index (χ0) is 13.3. The lowest BCUT2D eigenvalue weighted by Crippen LogP contribution is -2.33. The predicted molar refractivity (Wildman–Crippen MR) is 74.9 cm³/mol. The minimum absolute atomic E-state index is 0.394. The third-order valence-electron chi connectivity index (χ3n) is 3.21. The summed E-state index contributed by atoms with van der Waals surface area (Å²) in [7, 11) is 0. The van der Waals surface area contributed by atoms with Crippen LogP contribution in [-0.2, 0) is 4.79 Å². The first-order chi connectivity index (χ1) is 8.54. The SMILES string of the molecule is CCCC(C)CN1C(=O)C(=O)c2cc(Br)ccc21. The molecule has 0 aliphatic carbocycles. The molecule has 1 unspecified atom stereocenters. The summed E-state index contributed by atoms with van der Waals surface area (Å²) >= 11 is 3.33. The van der Waals surface area contributed by atoms with Gasteiger partial charge in [-0.25, -0.2) is 0 Å². The number of hydrogen-bond donors (Lipinski definition) is 0. The van der Waals surface area contributed by atoms with E-state index >= 15 is 0 Å². The second-order valence-electron chi connectivity index (χ2n) is 4.80. The van der Waals surface area contributed by atoms with Gasteiger partial charge in [0.15, 0.2) is 0 Å². The van der Waals surface area contributed by atoms with Gasteiger partial charge in [0.1, 0.15) is 0 Å². The van der Waals surface area contributed by atoms with E-state index in [4.69, 9.17) is 0 Å². The Labute approximate surface area is 115 Å². The molecule has 0 spiro atoms. The molecule has 0 bridgehead atoms. The molecule has 1 aliphatic rings.